The lowest BCUT2D eigenvalue weighted by molar-refractivity contribution is 0.108. The summed E-state index contributed by atoms with van der Waals surface area (Å²) in [4.78, 5) is 19.0. The first kappa shape index (κ1) is 13.2. The molecule has 0 aliphatic carbocycles. The molecule has 5 nitrogen and oxygen atoms in total. The Kier molecular flexibility index (Phi) is 4.14. The van der Waals surface area contributed by atoms with Gasteiger partial charge in [-0.3, -0.25) is 4.79 Å². The van der Waals surface area contributed by atoms with Crippen LogP contribution in [0.15, 0.2) is 4.79 Å². The Bertz CT molecular complexity index is 464. The molecule has 0 amide bonds. The number of nitrogens with one attached hydrogen (secondary N) is 2. The maximum atomic E-state index is 11.9. The highest BCUT2D eigenvalue weighted by atomic mass is 16.5. The van der Waals surface area contributed by atoms with Crippen molar-refractivity contribution in [2.45, 2.75) is 45.8 Å². The summed E-state index contributed by atoms with van der Waals surface area (Å²) in [5.41, 5.74) is 1.47. The van der Waals surface area contributed by atoms with Crippen LogP contribution in [-0.4, -0.2) is 29.2 Å². The summed E-state index contributed by atoms with van der Waals surface area (Å²) in [5, 5.41) is 3.36. The third kappa shape index (κ3) is 2.97. The van der Waals surface area contributed by atoms with E-state index in [0.29, 0.717) is 5.82 Å². The number of aromatic nitrogens is 2. The summed E-state index contributed by atoms with van der Waals surface area (Å²) in [5.74, 6) is 0.660. The number of nitrogens with zero attached hydrogens (tertiary/aromatic N) is 1. The number of hydrogen-bond acceptors (Lipinski definition) is 4. The van der Waals surface area contributed by atoms with Crippen LogP contribution in [0.25, 0.3) is 0 Å². The number of aryl methyl sites for hydroxylation is 2. The van der Waals surface area contributed by atoms with Gasteiger partial charge >= 0.3 is 0 Å². The van der Waals surface area contributed by atoms with Gasteiger partial charge in [0.2, 0.25) is 0 Å². The lowest BCUT2D eigenvalue weighted by Crippen LogP contribution is -2.32. The second kappa shape index (κ2) is 5.63. The molecule has 1 saturated heterocycles. The number of hydrogen-bond donors (Lipinski definition) is 2. The minimum atomic E-state index is -0.0488. The molecule has 1 aliphatic rings. The molecule has 0 spiro atoms. The molecule has 2 rings (SSSR count). The van der Waals surface area contributed by atoms with Gasteiger partial charge in [-0.05, 0) is 33.6 Å². The van der Waals surface area contributed by atoms with Gasteiger partial charge in [-0.15, -0.1) is 0 Å². The molecule has 1 aliphatic heterocycles. The SMILES string of the molecule is Cc1nc(C)c(C(C)NCC2CCCO2)c(=O)[nH]1. The van der Waals surface area contributed by atoms with Gasteiger partial charge in [0.25, 0.3) is 5.56 Å². The Morgan fingerprint density at radius 2 is 2.33 bits per heavy atom. The Morgan fingerprint density at radius 1 is 1.56 bits per heavy atom. The molecular weight excluding hydrogens is 230 g/mol. The number of aromatic amines is 1. The average Bonchev–Trinajstić information content (AvgIpc) is 2.77. The summed E-state index contributed by atoms with van der Waals surface area (Å²) >= 11 is 0. The molecule has 0 saturated carbocycles. The van der Waals surface area contributed by atoms with Gasteiger partial charge in [0.05, 0.1) is 11.7 Å². The lowest BCUT2D eigenvalue weighted by Gasteiger charge is -2.18. The largest absolute Gasteiger partial charge is 0.377 e. The normalized spacial score (nSPS) is 21.2. The van der Waals surface area contributed by atoms with E-state index in [1.165, 1.54) is 0 Å². The summed E-state index contributed by atoms with van der Waals surface area (Å²) in [6.45, 7) is 7.30. The number of rotatable bonds is 4. The molecule has 2 N–H and O–H groups in total. The van der Waals surface area contributed by atoms with Crippen LogP contribution in [-0.2, 0) is 4.74 Å². The van der Waals surface area contributed by atoms with Gasteiger partial charge in [0.15, 0.2) is 0 Å². The highest BCUT2D eigenvalue weighted by Gasteiger charge is 2.19. The van der Waals surface area contributed by atoms with E-state index in [-0.39, 0.29) is 17.7 Å². The van der Waals surface area contributed by atoms with E-state index in [1.807, 2.05) is 13.8 Å². The molecule has 1 fully saturated rings. The fraction of sp³-hybridized carbons (Fsp3) is 0.692. The summed E-state index contributed by atoms with van der Waals surface area (Å²) < 4.78 is 5.55. The predicted octanol–water partition coefficient (Wildman–Crippen LogP) is 1.22. The van der Waals surface area contributed by atoms with Crippen LogP contribution in [0.3, 0.4) is 0 Å². The van der Waals surface area contributed by atoms with Crippen LogP contribution >= 0.6 is 0 Å². The first-order valence-electron chi connectivity index (χ1n) is 6.50. The van der Waals surface area contributed by atoms with E-state index in [2.05, 4.69) is 15.3 Å². The lowest BCUT2D eigenvalue weighted by atomic mass is 10.1. The fourth-order valence-corrected chi connectivity index (χ4v) is 2.46. The van der Waals surface area contributed by atoms with Crippen molar-refractivity contribution in [2.24, 2.45) is 0 Å². The monoisotopic (exact) mass is 251 g/mol. The predicted molar refractivity (Wildman–Crippen MR) is 69.7 cm³/mol. The van der Waals surface area contributed by atoms with Crippen LogP contribution < -0.4 is 10.9 Å². The first-order chi connectivity index (χ1) is 8.58. The summed E-state index contributed by atoms with van der Waals surface area (Å²) in [7, 11) is 0. The fourth-order valence-electron chi connectivity index (χ4n) is 2.46. The van der Waals surface area contributed by atoms with Crippen LogP contribution in [0.5, 0.6) is 0 Å². The van der Waals surface area contributed by atoms with Crippen molar-refractivity contribution in [3.63, 3.8) is 0 Å². The number of H-pyrrole nitrogens is 1. The van der Waals surface area contributed by atoms with Crippen LogP contribution in [0.1, 0.15) is 42.9 Å². The Morgan fingerprint density at radius 3 is 2.94 bits per heavy atom. The third-order valence-electron chi connectivity index (χ3n) is 3.37. The molecular formula is C13H21N3O2. The molecule has 0 aromatic carbocycles. The molecule has 100 valence electrons. The van der Waals surface area contributed by atoms with Crippen LogP contribution in [0.4, 0.5) is 0 Å². The molecule has 5 heteroatoms. The van der Waals surface area contributed by atoms with Gasteiger partial charge in [0, 0.05) is 24.9 Å². The second-order valence-electron chi connectivity index (χ2n) is 4.92. The summed E-state index contributed by atoms with van der Waals surface area (Å²) in [6.07, 6.45) is 2.51. The average molecular weight is 251 g/mol. The zero-order chi connectivity index (χ0) is 13.1. The minimum Gasteiger partial charge on any atom is -0.377 e. The zero-order valence-electron chi connectivity index (χ0n) is 11.2. The van der Waals surface area contributed by atoms with Crippen molar-refractivity contribution >= 4 is 0 Å². The molecule has 2 unspecified atom stereocenters. The van der Waals surface area contributed by atoms with E-state index in [0.717, 1.165) is 37.3 Å². The van der Waals surface area contributed by atoms with E-state index < -0.39 is 0 Å². The molecule has 2 heterocycles. The van der Waals surface area contributed by atoms with Crippen LogP contribution in [0, 0.1) is 13.8 Å². The maximum absolute atomic E-state index is 11.9. The molecule has 18 heavy (non-hydrogen) atoms. The third-order valence-corrected chi connectivity index (χ3v) is 3.37. The van der Waals surface area contributed by atoms with Crippen molar-refractivity contribution in [3.8, 4) is 0 Å². The maximum Gasteiger partial charge on any atom is 0.255 e. The van der Waals surface area contributed by atoms with Gasteiger partial charge in [-0.25, -0.2) is 4.98 Å². The minimum absolute atomic E-state index is 0.00829. The smallest absolute Gasteiger partial charge is 0.255 e. The van der Waals surface area contributed by atoms with Gasteiger partial charge < -0.3 is 15.0 Å². The van der Waals surface area contributed by atoms with Crippen molar-refractivity contribution in [1.82, 2.24) is 15.3 Å². The first-order valence-corrected chi connectivity index (χ1v) is 6.50. The van der Waals surface area contributed by atoms with Gasteiger partial charge in [0.1, 0.15) is 5.82 Å². The number of ether oxygens (including phenoxy) is 1. The van der Waals surface area contributed by atoms with E-state index in [9.17, 15) is 4.79 Å². The van der Waals surface area contributed by atoms with E-state index >= 15 is 0 Å². The quantitative estimate of drug-likeness (QED) is 0.844. The molecule has 1 aromatic rings. The standard InChI is InChI=1S/C13H21N3O2/c1-8(14-7-11-5-4-6-18-11)12-9(2)15-10(3)16-13(12)17/h8,11,14H,4-7H2,1-3H3,(H,15,16,17). The van der Waals surface area contributed by atoms with Crippen LogP contribution in [0.2, 0.25) is 0 Å². The van der Waals surface area contributed by atoms with E-state index in [1.54, 1.807) is 6.92 Å². The Hall–Kier alpha value is -1.20. The second-order valence-corrected chi connectivity index (χ2v) is 4.92. The van der Waals surface area contributed by atoms with Gasteiger partial charge in [-0.2, -0.15) is 0 Å². The topological polar surface area (TPSA) is 67.0 Å². The molecule has 2 atom stereocenters. The Balaban J connectivity index is 2.04. The highest BCUT2D eigenvalue weighted by Crippen LogP contribution is 2.14. The van der Waals surface area contributed by atoms with Crippen molar-refractivity contribution in [1.29, 1.82) is 0 Å². The van der Waals surface area contributed by atoms with Crippen molar-refractivity contribution in [3.05, 3.63) is 27.4 Å². The van der Waals surface area contributed by atoms with Crippen molar-refractivity contribution < 1.29 is 4.74 Å². The molecule has 1 aromatic heterocycles. The molecule has 0 radical (unpaired) electrons. The molecule has 0 bridgehead atoms. The zero-order valence-corrected chi connectivity index (χ0v) is 11.2. The highest BCUT2D eigenvalue weighted by molar-refractivity contribution is 5.19. The van der Waals surface area contributed by atoms with Crippen molar-refractivity contribution in [2.75, 3.05) is 13.2 Å². The van der Waals surface area contributed by atoms with Gasteiger partial charge in [-0.1, -0.05) is 0 Å². The Labute approximate surface area is 107 Å². The summed E-state index contributed by atoms with van der Waals surface area (Å²) in [6, 6.07) is -0.00829. The van der Waals surface area contributed by atoms with E-state index in [4.69, 9.17) is 4.74 Å².